The highest BCUT2D eigenvalue weighted by Gasteiger charge is 2.30. The molecule has 1 fully saturated rings. The summed E-state index contributed by atoms with van der Waals surface area (Å²) < 4.78 is 38.2. The van der Waals surface area contributed by atoms with Crippen LogP contribution in [0.3, 0.4) is 0 Å². The van der Waals surface area contributed by atoms with E-state index in [-0.39, 0.29) is 22.1 Å². The van der Waals surface area contributed by atoms with Crippen LogP contribution in [0.4, 0.5) is 0 Å². The average molecular weight is 433 g/mol. The normalized spacial score (nSPS) is 14.6. The number of methoxy groups -OCH3 is 1. The van der Waals surface area contributed by atoms with Crippen LogP contribution in [0.2, 0.25) is 0 Å². The zero-order valence-electron chi connectivity index (χ0n) is 17.4. The monoisotopic (exact) mass is 432 g/mol. The molecule has 1 saturated heterocycles. The molecule has 1 aliphatic rings. The van der Waals surface area contributed by atoms with Crippen molar-refractivity contribution < 1.29 is 22.7 Å². The maximum absolute atomic E-state index is 13.0. The van der Waals surface area contributed by atoms with Crippen LogP contribution in [0.15, 0.2) is 47.4 Å². The molecule has 162 valence electrons. The van der Waals surface area contributed by atoms with Crippen molar-refractivity contribution in [1.82, 2.24) is 9.62 Å². The number of carbonyl (C=O) groups is 1. The van der Waals surface area contributed by atoms with Crippen LogP contribution in [0.1, 0.15) is 41.3 Å². The van der Waals surface area contributed by atoms with E-state index in [1.807, 2.05) is 31.2 Å². The number of hydrogen-bond acceptors (Lipinski definition) is 5. The Hall–Kier alpha value is -2.42. The molecular formula is C22H28N2O5S. The molecule has 0 spiro atoms. The summed E-state index contributed by atoms with van der Waals surface area (Å²) in [5, 5.41) is 2.87. The summed E-state index contributed by atoms with van der Waals surface area (Å²) >= 11 is 0. The van der Waals surface area contributed by atoms with E-state index in [1.165, 1.54) is 23.5 Å². The van der Waals surface area contributed by atoms with Crippen LogP contribution in [0, 0.1) is 0 Å². The number of benzene rings is 2. The van der Waals surface area contributed by atoms with Gasteiger partial charge in [-0.3, -0.25) is 4.79 Å². The van der Waals surface area contributed by atoms with E-state index in [1.54, 1.807) is 6.07 Å². The Balaban J connectivity index is 1.79. The van der Waals surface area contributed by atoms with Crippen molar-refractivity contribution in [2.24, 2.45) is 0 Å². The van der Waals surface area contributed by atoms with Crippen molar-refractivity contribution in [2.75, 3.05) is 26.8 Å². The molecule has 0 saturated carbocycles. The van der Waals surface area contributed by atoms with Gasteiger partial charge in [-0.15, -0.1) is 0 Å². The van der Waals surface area contributed by atoms with Crippen molar-refractivity contribution in [3.63, 3.8) is 0 Å². The quantitative estimate of drug-likeness (QED) is 0.659. The predicted molar refractivity (Wildman–Crippen MR) is 114 cm³/mol. The van der Waals surface area contributed by atoms with Gasteiger partial charge in [0.15, 0.2) is 0 Å². The van der Waals surface area contributed by atoms with Crippen molar-refractivity contribution in [3.05, 3.63) is 59.2 Å². The van der Waals surface area contributed by atoms with Crippen LogP contribution in [0.25, 0.3) is 0 Å². The molecule has 1 N–H and O–H groups in total. The van der Waals surface area contributed by atoms with Crippen LogP contribution in [0.5, 0.6) is 5.75 Å². The minimum Gasteiger partial charge on any atom is -0.495 e. The maximum Gasteiger partial charge on any atom is 0.251 e. The maximum atomic E-state index is 13.0. The second kappa shape index (κ2) is 10.1. The Morgan fingerprint density at radius 2 is 1.80 bits per heavy atom. The molecule has 2 aromatic carbocycles. The molecule has 0 radical (unpaired) electrons. The summed E-state index contributed by atoms with van der Waals surface area (Å²) in [7, 11) is -2.29. The lowest BCUT2D eigenvalue weighted by Gasteiger charge is -2.18. The van der Waals surface area contributed by atoms with Gasteiger partial charge in [-0.05, 0) is 49.1 Å². The van der Waals surface area contributed by atoms with Crippen LogP contribution in [-0.2, 0) is 27.9 Å². The summed E-state index contributed by atoms with van der Waals surface area (Å²) in [6, 6.07) is 12.2. The fourth-order valence-corrected chi connectivity index (χ4v) is 5.15. The number of sulfonamides is 1. The predicted octanol–water partition coefficient (Wildman–Crippen LogP) is 2.95. The van der Waals surface area contributed by atoms with Crippen molar-refractivity contribution in [1.29, 1.82) is 0 Å². The van der Waals surface area contributed by atoms with E-state index in [0.717, 1.165) is 24.0 Å². The highest BCUT2D eigenvalue weighted by Crippen LogP contribution is 2.29. The smallest absolute Gasteiger partial charge is 0.251 e. The molecule has 1 amide bonds. The lowest BCUT2D eigenvalue weighted by atomic mass is 10.1. The molecule has 0 unspecified atom stereocenters. The Morgan fingerprint density at radius 1 is 1.10 bits per heavy atom. The number of carbonyl (C=O) groups excluding carboxylic acids is 1. The molecule has 0 atom stereocenters. The Bertz CT molecular complexity index is 985. The van der Waals surface area contributed by atoms with E-state index in [2.05, 4.69) is 5.32 Å². The number of nitrogens with one attached hydrogen (secondary N) is 1. The number of nitrogens with zero attached hydrogens (tertiary/aromatic N) is 1. The lowest BCUT2D eigenvalue weighted by Crippen LogP contribution is -2.29. The molecule has 7 nitrogen and oxygen atoms in total. The molecule has 3 rings (SSSR count). The Morgan fingerprint density at radius 3 is 2.47 bits per heavy atom. The van der Waals surface area contributed by atoms with Gasteiger partial charge in [0, 0.05) is 31.8 Å². The first-order valence-electron chi connectivity index (χ1n) is 10.1. The van der Waals surface area contributed by atoms with Crippen LogP contribution < -0.4 is 10.1 Å². The van der Waals surface area contributed by atoms with Gasteiger partial charge in [-0.2, -0.15) is 4.31 Å². The summed E-state index contributed by atoms with van der Waals surface area (Å²) in [5.74, 6) is -0.109. The molecule has 1 aliphatic heterocycles. The van der Waals surface area contributed by atoms with E-state index < -0.39 is 10.0 Å². The van der Waals surface area contributed by atoms with Crippen LogP contribution in [-0.4, -0.2) is 45.4 Å². The molecule has 2 aromatic rings. The Labute approximate surface area is 178 Å². The number of hydrogen-bond donors (Lipinski definition) is 1. The van der Waals surface area contributed by atoms with Gasteiger partial charge in [0.2, 0.25) is 10.0 Å². The highest BCUT2D eigenvalue weighted by molar-refractivity contribution is 7.89. The second-order valence-corrected chi connectivity index (χ2v) is 8.97. The SMILES string of the molecule is CCOCc1ccccc1CNC(=O)c1ccc(OC)c(S(=O)(=O)N2CCCC2)c1. The molecular weight excluding hydrogens is 404 g/mol. The summed E-state index contributed by atoms with van der Waals surface area (Å²) in [5.41, 5.74) is 2.24. The van der Waals surface area contributed by atoms with E-state index in [9.17, 15) is 13.2 Å². The second-order valence-electron chi connectivity index (χ2n) is 7.07. The minimum absolute atomic E-state index is 0.0243. The fourth-order valence-electron chi connectivity index (χ4n) is 3.45. The third kappa shape index (κ3) is 5.00. The van der Waals surface area contributed by atoms with Crippen LogP contribution >= 0.6 is 0 Å². The number of amides is 1. The fraction of sp³-hybridized carbons (Fsp3) is 0.409. The van der Waals surface area contributed by atoms with Gasteiger partial charge < -0.3 is 14.8 Å². The van der Waals surface area contributed by atoms with E-state index in [0.29, 0.717) is 32.8 Å². The molecule has 1 heterocycles. The van der Waals surface area contributed by atoms with Crippen molar-refractivity contribution in [2.45, 2.75) is 37.8 Å². The first-order valence-corrected chi connectivity index (χ1v) is 11.5. The molecule has 30 heavy (non-hydrogen) atoms. The third-order valence-electron chi connectivity index (χ3n) is 5.13. The minimum atomic E-state index is -3.71. The van der Waals surface area contributed by atoms with Gasteiger partial charge in [0.1, 0.15) is 10.6 Å². The molecule has 8 heteroatoms. The molecule has 0 bridgehead atoms. The van der Waals surface area contributed by atoms with E-state index in [4.69, 9.17) is 9.47 Å². The highest BCUT2D eigenvalue weighted by atomic mass is 32.2. The summed E-state index contributed by atoms with van der Waals surface area (Å²) in [4.78, 5) is 12.8. The molecule has 0 aliphatic carbocycles. The molecule has 0 aromatic heterocycles. The standard InChI is InChI=1S/C22H28N2O5S/c1-3-29-16-19-9-5-4-8-18(19)15-23-22(25)17-10-11-20(28-2)21(14-17)30(26,27)24-12-6-7-13-24/h4-5,8-11,14H,3,6-7,12-13,15-16H2,1-2H3,(H,23,25). The summed E-state index contributed by atoms with van der Waals surface area (Å²) in [6.07, 6.45) is 1.67. The van der Waals surface area contributed by atoms with Gasteiger partial charge in [0.05, 0.1) is 13.7 Å². The van der Waals surface area contributed by atoms with E-state index >= 15 is 0 Å². The number of rotatable bonds is 9. The van der Waals surface area contributed by atoms with Crippen molar-refractivity contribution in [3.8, 4) is 5.75 Å². The lowest BCUT2D eigenvalue weighted by molar-refractivity contribution is 0.0949. The first kappa shape index (κ1) is 22.3. The van der Waals surface area contributed by atoms with Crippen molar-refractivity contribution >= 4 is 15.9 Å². The van der Waals surface area contributed by atoms with Gasteiger partial charge in [-0.25, -0.2) is 8.42 Å². The topological polar surface area (TPSA) is 84.9 Å². The Kier molecular flexibility index (Phi) is 7.47. The number of ether oxygens (including phenoxy) is 2. The summed E-state index contributed by atoms with van der Waals surface area (Å²) in [6.45, 7) is 4.31. The zero-order chi connectivity index (χ0) is 21.6. The van der Waals surface area contributed by atoms with Gasteiger partial charge in [-0.1, -0.05) is 24.3 Å². The first-order chi connectivity index (χ1) is 14.5. The van der Waals surface area contributed by atoms with Gasteiger partial charge >= 0.3 is 0 Å². The third-order valence-corrected chi connectivity index (χ3v) is 7.05. The largest absolute Gasteiger partial charge is 0.495 e. The average Bonchev–Trinajstić information content (AvgIpc) is 3.32. The zero-order valence-corrected chi connectivity index (χ0v) is 18.2. The van der Waals surface area contributed by atoms with Gasteiger partial charge in [0.25, 0.3) is 5.91 Å².